The number of halogens is 1. The van der Waals surface area contributed by atoms with Crippen molar-refractivity contribution in [2.75, 3.05) is 27.2 Å². The van der Waals surface area contributed by atoms with Crippen molar-refractivity contribution in [1.82, 2.24) is 15.2 Å². The average molecular weight is 272 g/mol. The number of hydrogen-bond donors (Lipinski definition) is 1. The Hall–Kier alpha value is -0.840. The van der Waals surface area contributed by atoms with Crippen LogP contribution in [0.1, 0.15) is 19.5 Å². The standard InChI is InChI=1S/C13H22ClN3O/c1-10(2)15-9-12-11(14)5-6-13(16-12)18-8-7-17(3)4/h5-6,10,15H,7-9H2,1-4H3. The third kappa shape index (κ3) is 5.67. The van der Waals surface area contributed by atoms with E-state index in [2.05, 4.69) is 29.0 Å². The molecule has 0 aliphatic rings. The summed E-state index contributed by atoms with van der Waals surface area (Å²) < 4.78 is 5.58. The maximum Gasteiger partial charge on any atom is 0.213 e. The number of hydrogen-bond acceptors (Lipinski definition) is 4. The van der Waals surface area contributed by atoms with Gasteiger partial charge in [-0.25, -0.2) is 4.98 Å². The summed E-state index contributed by atoms with van der Waals surface area (Å²) in [5, 5.41) is 3.96. The van der Waals surface area contributed by atoms with Gasteiger partial charge in [-0.2, -0.15) is 0 Å². The molecule has 1 N–H and O–H groups in total. The molecule has 0 aromatic carbocycles. The Morgan fingerprint density at radius 2 is 2.11 bits per heavy atom. The number of nitrogens with zero attached hydrogens (tertiary/aromatic N) is 2. The zero-order valence-electron chi connectivity index (χ0n) is 11.5. The summed E-state index contributed by atoms with van der Waals surface area (Å²) >= 11 is 6.10. The summed E-state index contributed by atoms with van der Waals surface area (Å²) in [5.74, 6) is 0.627. The molecule has 1 heterocycles. The molecule has 18 heavy (non-hydrogen) atoms. The maximum absolute atomic E-state index is 6.10. The van der Waals surface area contributed by atoms with Gasteiger partial charge in [-0.3, -0.25) is 0 Å². The average Bonchev–Trinajstić information content (AvgIpc) is 2.29. The van der Waals surface area contributed by atoms with Crippen LogP contribution in [-0.4, -0.2) is 43.2 Å². The summed E-state index contributed by atoms with van der Waals surface area (Å²) in [6.07, 6.45) is 0. The molecule has 0 saturated heterocycles. The first-order valence-corrected chi connectivity index (χ1v) is 6.53. The van der Waals surface area contributed by atoms with E-state index in [0.717, 1.165) is 12.2 Å². The zero-order chi connectivity index (χ0) is 13.5. The number of aromatic nitrogens is 1. The Bertz CT molecular complexity index is 369. The van der Waals surface area contributed by atoms with Crippen LogP contribution in [-0.2, 0) is 6.54 Å². The van der Waals surface area contributed by atoms with E-state index in [0.29, 0.717) is 30.1 Å². The molecule has 0 aliphatic heterocycles. The van der Waals surface area contributed by atoms with Gasteiger partial charge in [-0.1, -0.05) is 25.4 Å². The third-order valence-corrected chi connectivity index (χ3v) is 2.70. The first-order chi connectivity index (χ1) is 8.49. The third-order valence-electron chi connectivity index (χ3n) is 2.36. The molecule has 0 bridgehead atoms. The van der Waals surface area contributed by atoms with Crippen molar-refractivity contribution >= 4 is 11.6 Å². The number of rotatable bonds is 7. The summed E-state index contributed by atoms with van der Waals surface area (Å²) in [4.78, 5) is 6.47. The summed E-state index contributed by atoms with van der Waals surface area (Å²) in [6.45, 7) is 6.32. The molecule has 1 rings (SSSR count). The molecule has 0 fully saturated rings. The van der Waals surface area contributed by atoms with Crippen molar-refractivity contribution in [2.24, 2.45) is 0 Å². The molecule has 1 aromatic rings. The molecule has 102 valence electrons. The largest absolute Gasteiger partial charge is 0.476 e. The van der Waals surface area contributed by atoms with Crippen molar-refractivity contribution in [1.29, 1.82) is 0 Å². The first kappa shape index (κ1) is 15.2. The van der Waals surface area contributed by atoms with Gasteiger partial charge in [0.1, 0.15) is 6.61 Å². The lowest BCUT2D eigenvalue weighted by molar-refractivity contribution is 0.253. The van der Waals surface area contributed by atoms with Crippen LogP contribution in [0.25, 0.3) is 0 Å². The van der Waals surface area contributed by atoms with Crippen molar-refractivity contribution in [3.8, 4) is 5.88 Å². The molecule has 0 unspecified atom stereocenters. The Morgan fingerprint density at radius 1 is 1.39 bits per heavy atom. The number of likely N-dealkylation sites (N-methyl/N-ethyl adjacent to an activating group) is 1. The van der Waals surface area contributed by atoms with E-state index in [1.54, 1.807) is 6.07 Å². The summed E-state index contributed by atoms with van der Waals surface area (Å²) in [7, 11) is 4.02. The van der Waals surface area contributed by atoms with Gasteiger partial charge in [-0.05, 0) is 20.2 Å². The van der Waals surface area contributed by atoms with Gasteiger partial charge in [0.25, 0.3) is 0 Å². The number of ether oxygens (including phenoxy) is 1. The Balaban J connectivity index is 2.56. The lowest BCUT2D eigenvalue weighted by Gasteiger charge is -2.12. The van der Waals surface area contributed by atoms with E-state index in [9.17, 15) is 0 Å². The lowest BCUT2D eigenvalue weighted by atomic mass is 10.3. The highest BCUT2D eigenvalue weighted by molar-refractivity contribution is 6.31. The van der Waals surface area contributed by atoms with Gasteiger partial charge in [0.05, 0.1) is 10.7 Å². The van der Waals surface area contributed by atoms with Crippen LogP contribution in [0.15, 0.2) is 12.1 Å². The minimum atomic E-state index is 0.404. The molecular formula is C13H22ClN3O. The summed E-state index contributed by atoms with van der Waals surface area (Å²) in [5.41, 5.74) is 0.827. The van der Waals surface area contributed by atoms with Gasteiger partial charge in [-0.15, -0.1) is 0 Å². The monoisotopic (exact) mass is 271 g/mol. The molecule has 0 radical (unpaired) electrons. The van der Waals surface area contributed by atoms with E-state index in [4.69, 9.17) is 16.3 Å². The molecule has 5 heteroatoms. The van der Waals surface area contributed by atoms with Crippen LogP contribution < -0.4 is 10.1 Å². The van der Waals surface area contributed by atoms with E-state index in [1.807, 2.05) is 20.2 Å². The highest BCUT2D eigenvalue weighted by Gasteiger charge is 2.05. The van der Waals surface area contributed by atoms with Crippen molar-refractivity contribution in [3.63, 3.8) is 0 Å². The fourth-order valence-electron chi connectivity index (χ4n) is 1.30. The topological polar surface area (TPSA) is 37.4 Å². The predicted molar refractivity (Wildman–Crippen MR) is 75.3 cm³/mol. The van der Waals surface area contributed by atoms with E-state index < -0.39 is 0 Å². The van der Waals surface area contributed by atoms with Gasteiger partial charge in [0, 0.05) is 25.2 Å². The highest BCUT2D eigenvalue weighted by atomic mass is 35.5. The second-order valence-corrected chi connectivity index (χ2v) is 5.17. The van der Waals surface area contributed by atoms with E-state index in [-0.39, 0.29) is 0 Å². The summed E-state index contributed by atoms with van der Waals surface area (Å²) in [6, 6.07) is 4.04. The van der Waals surface area contributed by atoms with Gasteiger partial charge in [0.15, 0.2) is 0 Å². The van der Waals surface area contributed by atoms with Gasteiger partial charge < -0.3 is 15.0 Å². The molecule has 1 aromatic heterocycles. The first-order valence-electron chi connectivity index (χ1n) is 6.15. The fourth-order valence-corrected chi connectivity index (χ4v) is 1.47. The molecule has 0 amide bonds. The van der Waals surface area contributed by atoms with Crippen LogP contribution in [0.4, 0.5) is 0 Å². The quantitative estimate of drug-likeness (QED) is 0.825. The minimum absolute atomic E-state index is 0.404. The smallest absolute Gasteiger partial charge is 0.213 e. The van der Waals surface area contributed by atoms with Crippen molar-refractivity contribution in [2.45, 2.75) is 26.4 Å². The van der Waals surface area contributed by atoms with Crippen LogP contribution in [0.3, 0.4) is 0 Å². The number of nitrogens with one attached hydrogen (secondary N) is 1. The molecule has 0 aliphatic carbocycles. The SMILES string of the molecule is CC(C)NCc1nc(OCCN(C)C)ccc1Cl. The Kier molecular flexibility index (Phi) is 6.39. The zero-order valence-corrected chi connectivity index (χ0v) is 12.3. The molecule has 0 spiro atoms. The highest BCUT2D eigenvalue weighted by Crippen LogP contribution is 2.18. The fraction of sp³-hybridized carbons (Fsp3) is 0.615. The second-order valence-electron chi connectivity index (χ2n) is 4.77. The van der Waals surface area contributed by atoms with Crippen LogP contribution in [0, 0.1) is 0 Å². The van der Waals surface area contributed by atoms with Gasteiger partial charge in [0.2, 0.25) is 5.88 Å². The van der Waals surface area contributed by atoms with E-state index in [1.165, 1.54) is 0 Å². The minimum Gasteiger partial charge on any atom is -0.476 e. The van der Waals surface area contributed by atoms with Crippen molar-refractivity contribution in [3.05, 3.63) is 22.8 Å². The van der Waals surface area contributed by atoms with Gasteiger partial charge >= 0.3 is 0 Å². The molecule has 0 atom stereocenters. The predicted octanol–water partition coefficient (Wildman–Crippen LogP) is 2.17. The van der Waals surface area contributed by atoms with Crippen LogP contribution in [0.5, 0.6) is 5.88 Å². The van der Waals surface area contributed by atoms with Crippen LogP contribution >= 0.6 is 11.6 Å². The molecular weight excluding hydrogens is 250 g/mol. The normalized spacial score (nSPS) is 11.3. The lowest BCUT2D eigenvalue weighted by Crippen LogP contribution is -2.23. The van der Waals surface area contributed by atoms with Crippen molar-refractivity contribution < 1.29 is 4.74 Å². The Labute approximate surface area is 114 Å². The Morgan fingerprint density at radius 3 is 2.72 bits per heavy atom. The molecule has 0 saturated carbocycles. The molecule has 4 nitrogen and oxygen atoms in total. The van der Waals surface area contributed by atoms with E-state index >= 15 is 0 Å². The second kappa shape index (κ2) is 7.56. The maximum atomic E-state index is 6.10. The number of pyridine rings is 1. The van der Waals surface area contributed by atoms with Crippen LogP contribution in [0.2, 0.25) is 5.02 Å².